The van der Waals surface area contributed by atoms with Crippen LogP contribution in [0.5, 0.6) is 0 Å². The third-order valence-electron chi connectivity index (χ3n) is 1.33. The fourth-order valence-corrected chi connectivity index (χ4v) is 0.458. The average molecular weight is 208 g/mol. The molecule has 0 heterocycles. The predicted octanol–water partition coefficient (Wildman–Crippen LogP) is -0.0467. The molecule has 80 valence electrons. The van der Waals surface area contributed by atoms with Gasteiger partial charge in [-0.25, -0.2) is 0 Å². The van der Waals surface area contributed by atoms with Crippen LogP contribution in [0.1, 0.15) is 6.92 Å². The van der Waals surface area contributed by atoms with E-state index < -0.39 is 20.7 Å². The largest absolute Gasteiger partial charge is 0.739 e. The molecule has 0 radical (unpaired) electrons. The van der Waals surface area contributed by atoms with Crippen LogP contribution in [0.4, 0.5) is 0 Å². The quantitative estimate of drug-likeness (QED) is 0.221. The molecule has 0 spiro atoms. The Hall–Kier alpha value is -2.24. The Morgan fingerprint density at radius 3 is 1.86 bits per heavy atom. The summed E-state index contributed by atoms with van der Waals surface area (Å²) in [6.07, 6.45) is 0. The molecular weight excluding hydrogens is 204 g/mol. The van der Waals surface area contributed by atoms with Crippen LogP contribution in [-0.4, -0.2) is 25.9 Å². The molecule has 0 saturated heterocycles. The first-order valence-electron chi connectivity index (χ1n) is 2.88. The lowest BCUT2D eigenvalue weighted by Crippen LogP contribution is -2.54. The number of hydrogen-bond acceptors (Lipinski definition) is 9. The van der Waals surface area contributed by atoms with Gasteiger partial charge in [-0.3, -0.25) is 5.21 Å². The molecule has 1 atom stereocenters. The molecule has 0 aliphatic rings. The molecule has 0 aromatic rings. The van der Waals surface area contributed by atoms with E-state index in [0.717, 1.165) is 0 Å². The molecule has 14 heavy (non-hydrogen) atoms. The Morgan fingerprint density at radius 2 is 1.64 bits per heavy atom. The predicted molar refractivity (Wildman–Crippen MR) is 36.7 cm³/mol. The molecule has 0 aromatic carbocycles. The van der Waals surface area contributed by atoms with Gasteiger partial charge in [0.2, 0.25) is 0 Å². The van der Waals surface area contributed by atoms with Crippen LogP contribution in [-0.2, 0) is 0 Å². The van der Waals surface area contributed by atoms with E-state index in [1.807, 2.05) is 0 Å². The Kier molecular flexibility index (Phi) is 3.47. The van der Waals surface area contributed by atoms with Crippen molar-refractivity contribution in [1.29, 1.82) is 0 Å². The molecule has 1 unspecified atom stereocenters. The van der Waals surface area contributed by atoms with Crippen LogP contribution < -0.4 is 0 Å². The molecule has 0 amide bonds. The first-order valence-corrected chi connectivity index (χ1v) is 2.88. The van der Waals surface area contributed by atoms with Gasteiger partial charge in [0.1, 0.15) is 6.92 Å². The van der Waals surface area contributed by atoms with E-state index in [-0.39, 0.29) is 0 Å². The summed E-state index contributed by atoms with van der Waals surface area (Å²) in [6.45, 7) is 0.525. The van der Waals surface area contributed by atoms with E-state index in [2.05, 4.69) is 0 Å². The number of hydroxylamine groups is 3. The van der Waals surface area contributed by atoms with Crippen molar-refractivity contribution < 1.29 is 14.9 Å². The molecule has 12 nitrogen and oxygen atoms in total. The van der Waals surface area contributed by atoms with Gasteiger partial charge in [0.25, 0.3) is 0 Å². The maximum absolute atomic E-state index is 10.6. The summed E-state index contributed by atoms with van der Waals surface area (Å²) in [5.41, 5.74) is 0. The van der Waals surface area contributed by atoms with E-state index in [0.29, 0.717) is 6.92 Å². The number of hydrogen-bond donors (Lipinski definition) is 1. The van der Waals surface area contributed by atoms with Gasteiger partial charge in [-0.05, 0) is 20.3 Å². The summed E-state index contributed by atoms with van der Waals surface area (Å²) < 4.78 is 0. The second-order valence-corrected chi connectivity index (χ2v) is 2.05. The SMILES string of the molecule is CC(N(O)N=O)(/[N+]([O-])=N/[O-])/[N+]([O-])=N\[O-]. The van der Waals surface area contributed by atoms with Gasteiger partial charge in [-0.2, -0.15) is 0 Å². The van der Waals surface area contributed by atoms with Crippen molar-refractivity contribution in [2.75, 3.05) is 0 Å². The Morgan fingerprint density at radius 1 is 1.29 bits per heavy atom. The monoisotopic (exact) mass is 208 g/mol. The summed E-state index contributed by atoms with van der Waals surface area (Å²) in [6, 6.07) is 0. The van der Waals surface area contributed by atoms with Crippen molar-refractivity contribution in [2.24, 2.45) is 15.8 Å². The summed E-state index contributed by atoms with van der Waals surface area (Å²) >= 11 is 0. The van der Waals surface area contributed by atoms with Crippen molar-refractivity contribution in [1.82, 2.24) is 5.17 Å². The average Bonchev–Trinajstić information content (AvgIpc) is 2.24. The van der Waals surface area contributed by atoms with Gasteiger partial charge < -0.3 is 20.8 Å². The fourth-order valence-electron chi connectivity index (χ4n) is 0.458. The zero-order chi connectivity index (χ0) is 11.4. The summed E-state index contributed by atoms with van der Waals surface area (Å²) in [5.74, 6) is -2.97. The number of rotatable bonds is 4. The molecular formula is C2H4N6O6-2. The van der Waals surface area contributed by atoms with Crippen LogP contribution in [0, 0.1) is 25.7 Å². The lowest BCUT2D eigenvalue weighted by Gasteiger charge is -2.23. The van der Waals surface area contributed by atoms with E-state index in [1.54, 1.807) is 15.8 Å². The highest BCUT2D eigenvalue weighted by Crippen LogP contribution is 2.16. The summed E-state index contributed by atoms with van der Waals surface area (Å²) in [4.78, 5) is 7.89. The molecule has 0 rings (SSSR count). The van der Waals surface area contributed by atoms with Gasteiger partial charge in [-0.1, -0.05) is 0 Å². The second kappa shape index (κ2) is 4.13. The zero-order valence-electron chi connectivity index (χ0n) is 6.67. The lowest BCUT2D eigenvalue weighted by atomic mass is 10.4. The van der Waals surface area contributed by atoms with Crippen molar-refractivity contribution in [3.05, 3.63) is 25.7 Å². The van der Waals surface area contributed by atoms with Gasteiger partial charge in [-0.15, -0.1) is 4.91 Å². The molecule has 0 saturated carbocycles. The Bertz CT molecular complexity index is 255. The summed E-state index contributed by atoms with van der Waals surface area (Å²) in [5, 5.41) is 53.8. The normalized spacial score (nSPS) is 17.3. The van der Waals surface area contributed by atoms with E-state index in [4.69, 9.17) is 5.21 Å². The van der Waals surface area contributed by atoms with Crippen molar-refractivity contribution in [3.8, 4) is 0 Å². The number of nitrogens with zero attached hydrogens (tertiary/aromatic N) is 6. The van der Waals surface area contributed by atoms with Crippen LogP contribution in [0.3, 0.4) is 0 Å². The third kappa shape index (κ3) is 1.58. The molecule has 12 heteroatoms. The third-order valence-corrected chi connectivity index (χ3v) is 1.33. The van der Waals surface area contributed by atoms with E-state index >= 15 is 0 Å². The molecule has 0 aromatic heterocycles. The maximum atomic E-state index is 10.6. The molecule has 0 aliphatic heterocycles. The molecule has 0 bridgehead atoms. The lowest BCUT2D eigenvalue weighted by molar-refractivity contribution is -0.866. The van der Waals surface area contributed by atoms with E-state index in [9.17, 15) is 25.7 Å². The van der Waals surface area contributed by atoms with Crippen molar-refractivity contribution in [2.45, 2.75) is 12.7 Å². The minimum atomic E-state index is -2.97. The van der Waals surface area contributed by atoms with Crippen LogP contribution in [0.25, 0.3) is 0 Å². The standard InChI is InChI=1S/C2H6N6O6/c1-2(6(12)3-9,7(13)4-10)8(14)5-11/h9-10,14H,1H3/p-2/b6-3-,7-4+. The van der Waals surface area contributed by atoms with Crippen molar-refractivity contribution >= 4 is 0 Å². The summed E-state index contributed by atoms with van der Waals surface area (Å²) in [7, 11) is 0. The van der Waals surface area contributed by atoms with Gasteiger partial charge in [0.15, 0.2) is 0 Å². The second-order valence-electron chi connectivity index (χ2n) is 2.05. The minimum Gasteiger partial charge on any atom is -0.739 e. The van der Waals surface area contributed by atoms with Crippen LogP contribution in [0.2, 0.25) is 0 Å². The minimum absolute atomic E-state index is 0.525. The highest BCUT2D eigenvalue weighted by molar-refractivity contribution is 4.50. The zero-order valence-corrected chi connectivity index (χ0v) is 6.67. The van der Waals surface area contributed by atoms with Crippen LogP contribution >= 0.6 is 0 Å². The Balaban J connectivity index is 5.37. The fraction of sp³-hybridized carbons (Fsp3) is 1.00. The molecule has 1 N–H and O–H groups in total. The van der Waals surface area contributed by atoms with Crippen molar-refractivity contribution in [3.63, 3.8) is 0 Å². The first-order chi connectivity index (χ1) is 6.44. The highest BCUT2D eigenvalue weighted by atomic mass is 16.7. The Labute approximate surface area is 75.6 Å². The highest BCUT2D eigenvalue weighted by Gasteiger charge is 2.54. The van der Waals surface area contributed by atoms with Crippen LogP contribution in [0.15, 0.2) is 15.8 Å². The van der Waals surface area contributed by atoms with E-state index in [1.165, 1.54) is 0 Å². The van der Waals surface area contributed by atoms with Gasteiger partial charge >= 0.3 is 5.79 Å². The molecule has 0 fully saturated rings. The maximum Gasteiger partial charge on any atom is 0.541 e. The number of nitroso groups, excluding NO2 is 1. The smallest absolute Gasteiger partial charge is 0.541 e. The topological polar surface area (TPSA) is 176 Å². The first kappa shape index (κ1) is 11.8. The molecule has 0 aliphatic carbocycles. The van der Waals surface area contributed by atoms with Gasteiger partial charge in [0, 0.05) is 5.17 Å². The van der Waals surface area contributed by atoms with Gasteiger partial charge in [0.05, 0.1) is 5.29 Å².